The lowest BCUT2D eigenvalue weighted by molar-refractivity contribution is -0.211. The van der Waals surface area contributed by atoms with Crippen LogP contribution in [0.15, 0.2) is 5.11 Å². The van der Waals surface area contributed by atoms with Crippen molar-refractivity contribution >= 4 is 0 Å². The Morgan fingerprint density at radius 3 is 2.92 bits per heavy atom. The van der Waals surface area contributed by atoms with E-state index in [0.717, 1.165) is 0 Å². The average Bonchev–Trinajstić information content (AvgIpc) is 2.13. The standard InChI is InChI=1S/C7H13N3O3/c1-4-7(11)5(9-10-8)3-6(12-2)13-4/h4-7,11H,3H2,1-2H3. The number of aliphatic hydroxyl groups is 1. The molecule has 0 aromatic carbocycles. The topological polar surface area (TPSA) is 87.5 Å². The second-order valence-corrected chi connectivity index (χ2v) is 3.01. The van der Waals surface area contributed by atoms with Crippen LogP contribution in [-0.4, -0.2) is 36.8 Å². The van der Waals surface area contributed by atoms with E-state index in [1.165, 1.54) is 7.11 Å². The lowest BCUT2D eigenvalue weighted by Gasteiger charge is -2.34. The highest BCUT2D eigenvalue weighted by atomic mass is 16.7. The first-order valence-corrected chi connectivity index (χ1v) is 4.09. The van der Waals surface area contributed by atoms with Crippen molar-refractivity contribution in [1.82, 2.24) is 0 Å². The van der Waals surface area contributed by atoms with Crippen LogP contribution in [0.25, 0.3) is 10.4 Å². The van der Waals surface area contributed by atoms with Crippen molar-refractivity contribution in [3.8, 4) is 0 Å². The zero-order valence-corrected chi connectivity index (χ0v) is 7.62. The fourth-order valence-corrected chi connectivity index (χ4v) is 1.36. The zero-order chi connectivity index (χ0) is 9.84. The summed E-state index contributed by atoms with van der Waals surface area (Å²) in [7, 11) is 1.52. The summed E-state index contributed by atoms with van der Waals surface area (Å²) in [4.78, 5) is 2.67. The Balaban J connectivity index is 2.65. The van der Waals surface area contributed by atoms with Gasteiger partial charge in [0.15, 0.2) is 6.29 Å². The van der Waals surface area contributed by atoms with Crippen molar-refractivity contribution in [2.24, 2.45) is 5.11 Å². The summed E-state index contributed by atoms with van der Waals surface area (Å²) < 4.78 is 10.2. The van der Waals surface area contributed by atoms with Crippen LogP contribution in [0, 0.1) is 0 Å². The molecule has 0 aromatic heterocycles. The molecule has 1 fully saturated rings. The van der Waals surface area contributed by atoms with Crippen LogP contribution in [0.2, 0.25) is 0 Å². The molecule has 0 aliphatic carbocycles. The first-order valence-electron chi connectivity index (χ1n) is 4.09. The van der Waals surface area contributed by atoms with Gasteiger partial charge in [-0.3, -0.25) is 0 Å². The van der Waals surface area contributed by atoms with Crippen LogP contribution >= 0.6 is 0 Å². The largest absolute Gasteiger partial charge is 0.390 e. The summed E-state index contributed by atoms with van der Waals surface area (Å²) in [6.07, 6.45) is -1.11. The summed E-state index contributed by atoms with van der Waals surface area (Å²) in [5.74, 6) is 0. The molecule has 1 aliphatic rings. The molecule has 4 unspecified atom stereocenters. The number of aliphatic hydroxyl groups excluding tert-OH is 1. The third kappa shape index (κ3) is 2.32. The molecule has 1 rings (SSSR count). The molecule has 6 heteroatoms. The molecule has 4 atom stereocenters. The van der Waals surface area contributed by atoms with Crippen LogP contribution in [0.4, 0.5) is 0 Å². The fraction of sp³-hybridized carbons (Fsp3) is 1.00. The summed E-state index contributed by atoms with van der Waals surface area (Å²) in [6, 6.07) is -0.460. The Hall–Kier alpha value is -0.810. The van der Waals surface area contributed by atoms with Crippen molar-refractivity contribution in [2.75, 3.05) is 7.11 Å². The lowest BCUT2D eigenvalue weighted by atomic mass is 10.0. The minimum absolute atomic E-state index is 0.366. The minimum Gasteiger partial charge on any atom is -0.390 e. The molecule has 74 valence electrons. The Morgan fingerprint density at radius 2 is 2.38 bits per heavy atom. The first kappa shape index (κ1) is 10.3. The highest BCUT2D eigenvalue weighted by Gasteiger charge is 2.34. The maximum atomic E-state index is 9.54. The Morgan fingerprint density at radius 1 is 1.69 bits per heavy atom. The molecule has 1 heterocycles. The van der Waals surface area contributed by atoms with Gasteiger partial charge in [0.05, 0.1) is 18.2 Å². The van der Waals surface area contributed by atoms with Crippen LogP contribution in [0.1, 0.15) is 13.3 Å². The van der Waals surface area contributed by atoms with Crippen molar-refractivity contribution in [1.29, 1.82) is 0 Å². The molecular formula is C7H13N3O3. The predicted molar refractivity (Wildman–Crippen MR) is 44.9 cm³/mol. The molecule has 1 saturated heterocycles. The maximum absolute atomic E-state index is 9.54. The summed E-state index contributed by atoms with van der Waals surface area (Å²) in [5.41, 5.74) is 8.25. The molecule has 1 aliphatic heterocycles. The third-order valence-corrected chi connectivity index (χ3v) is 2.14. The summed E-state index contributed by atoms with van der Waals surface area (Å²) in [6.45, 7) is 1.72. The molecule has 0 amide bonds. The van der Waals surface area contributed by atoms with Crippen molar-refractivity contribution in [3.63, 3.8) is 0 Å². The quantitative estimate of drug-likeness (QED) is 0.394. The molecule has 6 nitrogen and oxygen atoms in total. The number of ether oxygens (including phenoxy) is 2. The van der Waals surface area contributed by atoms with E-state index in [2.05, 4.69) is 10.0 Å². The minimum atomic E-state index is -0.748. The SMILES string of the molecule is COC1CC(N=[N+]=[N-])C(O)C(C)O1. The molecule has 0 aromatic rings. The van der Waals surface area contributed by atoms with E-state index in [1.807, 2.05) is 0 Å². The van der Waals surface area contributed by atoms with Gasteiger partial charge in [0.2, 0.25) is 0 Å². The van der Waals surface area contributed by atoms with Gasteiger partial charge in [-0.1, -0.05) is 5.11 Å². The Bertz CT molecular complexity index is 217. The monoisotopic (exact) mass is 187 g/mol. The van der Waals surface area contributed by atoms with Crippen molar-refractivity contribution < 1.29 is 14.6 Å². The van der Waals surface area contributed by atoms with Gasteiger partial charge >= 0.3 is 0 Å². The van der Waals surface area contributed by atoms with Gasteiger partial charge in [-0.15, -0.1) is 0 Å². The van der Waals surface area contributed by atoms with E-state index in [4.69, 9.17) is 15.0 Å². The zero-order valence-electron chi connectivity index (χ0n) is 7.62. The maximum Gasteiger partial charge on any atom is 0.158 e. The van der Waals surface area contributed by atoms with Gasteiger partial charge in [-0.05, 0) is 12.5 Å². The van der Waals surface area contributed by atoms with E-state index >= 15 is 0 Å². The molecule has 1 N–H and O–H groups in total. The smallest absolute Gasteiger partial charge is 0.158 e. The van der Waals surface area contributed by atoms with E-state index in [1.54, 1.807) is 6.92 Å². The van der Waals surface area contributed by atoms with Crippen molar-refractivity contribution in [3.05, 3.63) is 10.4 Å². The highest BCUT2D eigenvalue weighted by molar-refractivity contribution is 4.85. The molecule has 0 saturated carbocycles. The summed E-state index contributed by atoms with van der Waals surface area (Å²) in [5, 5.41) is 13.0. The number of azide groups is 1. The Labute approximate surface area is 76.1 Å². The average molecular weight is 187 g/mol. The van der Waals surface area contributed by atoms with Crippen LogP contribution in [0.3, 0.4) is 0 Å². The highest BCUT2D eigenvalue weighted by Crippen LogP contribution is 2.22. The normalized spacial score (nSPS) is 39.6. The van der Waals surface area contributed by atoms with E-state index < -0.39 is 18.4 Å². The molecule has 0 spiro atoms. The van der Waals surface area contributed by atoms with Gasteiger partial charge in [0, 0.05) is 18.4 Å². The van der Waals surface area contributed by atoms with Crippen LogP contribution < -0.4 is 0 Å². The number of hydrogen-bond donors (Lipinski definition) is 1. The first-order chi connectivity index (χ1) is 6.19. The number of nitrogens with zero attached hydrogens (tertiary/aromatic N) is 3. The number of rotatable bonds is 2. The van der Waals surface area contributed by atoms with Crippen LogP contribution in [0.5, 0.6) is 0 Å². The van der Waals surface area contributed by atoms with Gasteiger partial charge in [-0.2, -0.15) is 0 Å². The fourth-order valence-electron chi connectivity index (χ4n) is 1.36. The third-order valence-electron chi connectivity index (χ3n) is 2.14. The van der Waals surface area contributed by atoms with E-state index in [9.17, 15) is 5.11 Å². The van der Waals surface area contributed by atoms with Gasteiger partial charge in [0.1, 0.15) is 0 Å². The van der Waals surface area contributed by atoms with Gasteiger partial charge in [-0.25, -0.2) is 0 Å². The second-order valence-electron chi connectivity index (χ2n) is 3.01. The van der Waals surface area contributed by atoms with Gasteiger partial charge < -0.3 is 14.6 Å². The Kier molecular flexibility index (Phi) is 3.50. The molecule has 0 bridgehead atoms. The van der Waals surface area contributed by atoms with Crippen LogP contribution in [-0.2, 0) is 9.47 Å². The van der Waals surface area contributed by atoms with Crippen molar-refractivity contribution in [2.45, 2.75) is 37.9 Å². The number of methoxy groups -OCH3 is 1. The second kappa shape index (κ2) is 4.43. The summed E-state index contributed by atoms with van der Waals surface area (Å²) >= 11 is 0. The van der Waals surface area contributed by atoms with E-state index in [-0.39, 0.29) is 6.10 Å². The lowest BCUT2D eigenvalue weighted by Crippen LogP contribution is -2.46. The molecular weight excluding hydrogens is 174 g/mol. The molecule has 0 radical (unpaired) electrons. The number of hydrogen-bond acceptors (Lipinski definition) is 4. The molecule has 13 heavy (non-hydrogen) atoms. The van der Waals surface area contributed by atoms with E-state index in [0.29, 0.717) is 6.42 Å². The predicted octanol–water partition coefficient (Wildman–Crippen LogP) is 0.807. The van der Waals surface area contributed by atoms with Gasteiger partial charge in [0.25, 0.3) is 0 Å².